The van der Waals surface area contributed by atoms with Crippen LogP contribution in [0.25, 0.3) is 0 Å². The number of nitrogens with zero attached hydrogens (tertiary/aromatic N) is 3. The molecule has 0 atom stereocenters. The number of aryl methyl sites for hydroxylation is 1. The monoisotopic (exact) mass is 389 g/mol. The Kier molecular flexibility index (Phi) is 6.61. The molecule has 0 aliphatic carbocycles. The predicted octanol–water partition coefficient (Wildman–Crippen LogP) is 0.447. The summed E-state index contributed by atoms with van der Waals surface area (Å²) in [6.07, 6.45) is 0.374. The molecule has 0 radical (unpaired) electrons. The first-order valence-electron chi connectivity index (χ1n) is 8.38. The van der Waals surface area contributed by atoms with E-state index in [1.54, 1.807) is 16.4 Å². The molecule has 0 saturated carbocycles. The standard InChI is InChI=1S/C16H27N3O4S2/c1-4-18-10-12-19(13-11-18)24(20,21)14-9-15-5-7-16(8-6-15)25(22,23)17(2)3/h5-8H,4,9-14H2,1-3H3. The molecule has 7 nitrogen and oxygen atoms in total. The fourth-order valence-corrected chi connectivity index (χ4v) is 5.11. The van der Waals surface area contributed by atoms with Crippen LogP contribution in [0.5, 0.6) is 0 Å². The van der Waals surface area contributed by atoms with Crippen molar-refractivity contribution in [2.75, 3.05) is 52.6 Å². The van der Waals surface area contributed by atoms with E-state index in [1.165, 1.54) is 26.2 Å². The maximum absolute atomic E-state index is 12.5. The maximum Gasteiger partial charge on any atom is 0.242 e. The SMILES string of the molecule is CCN1CCN(S(=O)(=O)CCc2ccc(S(=O)(=O)N(C)C)cc2)CC1. The van der Waals surface area contributed by atoms with Gasteiger partial charge in [-0.05, 0) is 30.7 Å². The van der Waals surface area contributed by atoms with Gasteiger partial charge in [0.05, 0.1) is 10.6 Å². The third-order valence-electron chi connectivity index (χ3n) is 4.52. The van der Waals surface area contributed by atoms with Crippen molar-refractivity contribution in [3.05, 3.63) is 29.8 Å². The van der Waals surface area contributed by atoms with Gasteiger partial charge in [0.25, 0.3) is 0 Å². The van der Waals surface area contributed by atoms with Crippen molar-refractivity contribution in [2.45, 2.75) is 18.2 Å². The first-order chi connectivity index (χ1) is 11.7. The average Bonchev–Trinajstić information content (AvgIpc) is 2.60. The molecule has 0 bridgehead atoms. The summed E-state index contributed by atoms with van der Waals surface area (Å²) in [5.41, 5.74) is 0.813. The second-order valence-electron chi connectivity index (χ2n) is 6.33. The molecule has 1 aliphatic rings. The van der Waals surface area contributed by atoms with Gasteiger partial charge in [-0.3, -0.25) is 0 Å². The van der Waals surface area contributed by atoms with E-state index in [0.29, 0.717) is 19.5 Å². The normalized spacial score (nSPS) is 17.9. The molecule has 9 heteroatoms. The largest absolute Gasteiger partial charge is 0.301 e. The van der Waals surface area contributed by atoms with Crippen LogP contribution >= 0.6 is 0 Å². The van der Waals surface area contributed by atoms with Gasteiger partial charge in [-0.15, -0.1) is 0 Å². The van der Waals surface area contributed by atoms with E-state index in [4.69, 9.17) is 0 Å². The first kappa shape index (κ1) is 20.3. The fraction of sp³-hybridized carbons (Fsp3) is 0.625. The molecule has 0 spiro atoms. The van der Waals surface area contributed by atoms with Crippen LogP contribution in [0.4, 0.5) is 0 Å². The van der Waals surface area contributed by atoms with Crippen molar-refractivity contribution in [2.24, 2.45) is 0 Å². The molecule has 2 rings (SSSR count). The molecule has 1 aromatic carbocycles. The van der Waals surface area contributed by atoms with E-state index < -0.39 is 20.0 Å². The van der Waals surface area contributed by atoms with Crippen molar-refractivity contribution >= 4 is 20.0 Å². The van der Waals surface area contributed by atoms with Gasteiger partial charge in [-0.1, -0.05) is 19.1 Å². The van der Waals surface area contributed by atoms with Gasteiger partial charge in [0.15, 0.2) is 0 Å². The van der Waals surface area contributed by atoms with Crippen molar-refractivity contribution < 1.29 is 16.8 Å². The minimum absolute atomic E-state index is 0.0406. The molecule has 1 fully saturated rings. The summed E-state index contributed by atoms with van der Waals surface area (Å²) in [6, 6.07) is 6.41. The number of benzene rings is 1. The highest BCUT2D eigenvalue weighted by atomic mass is 32.2. The van der Waals surface area contributed by atoms with Gasteiger partial charge in [0.1, 0.15) is 0 Å². The Hall–Kier alpha value is -1.00. The molecule has 0 N–H and O–H groups in total. The highest BCUT2D eigenvalue weighted by Gasteiger charge is 2.26. The van der Waals surface area contributed by atoms with Gasteiger partial charge < -0.3 is 4.90 Å². The molecule has 1 heterocycles. The lowest BCUT2D eigenvalue weighted by Crippen LogP contribution is -2.49. The summed E-state index contributed by atoms with van der Waals surface area (Å²) in [4.78, 5) is 2.44. The summed E-state index contributed by atoms with van der Waals surface area (Å²) < 4.78 is 51.7. The van der Waals surface area contributed by atoms with E-state index in [1.807, 2.05) is 0 Å². The summed E-state index contributed by atoms with van der Waals surface area (Å²) in [7, 11) is -3.78. The minimum atomic E-state index is -3.46. The molecule has 0 aromatic heterocycles. The van der Waals surface area contributed by atoms with Crippen LogP contribution in [0.3, 0.4) is 0 Å². The van der Waals surface area contributed by atoms with E-state index >= 15 is 0 Å². The van der Waals surface area contributed by atoms with Crippen molar-refractivity contribution in [3.8, 4) is 0 Å². The molecule has 142 valence electrons. The number of likely N-dealkylation sites (N-methyl/N-ethyl adjacent to an activating group) is 1. The zero-order valence-corrected chi connectivity index (χ0v) is 16.7. The molecule has 1 aromatic rings. The second-order valence-corrected chi connectivity index (χ2v) is 10.6. The Labute approximate surface area is 151 Å². The molecular formula is C16H27N3O4S2. The van der Waals surface area contributed by atoms with E-state index in [0.717, 1.165) is 29.5 Å². The zero-order chi connectivity index (χ0) is 18.7. The van der Waals surface area contributed by atoms with Crippen molar-refractivity contribution in [1.29, 1.82) is 0 Å². The van der Waals surface area contributed by atoms with Gasteiger partial charge >= 0.3 is 0 Å². The number of rotatable bonds is 7. The second kappa shape index (κ2) is 8.13. The molecular weight excluding hydrogens is 362 g/mol. The number of piperazine rings is 1. The van der Waals surface area contributed by atoms with E-state index in [-0.39, 0.29) is 10.6 Å². The summed E-state index contributed by atoms with van der Waals surface area (Å²) in [5.74, 6) is 0.0406. The molecule has 1 aliphatic heterocycles. The quantitative estimate of drug-likeness (QED) is 0.676. The van der Waals surface area contributed by atoms with Gasteiger partial charge in [-0.25, -0.2) is 21.1 Å². The first-order valence-corrected chi connectivity index (χ1v) is 11.4. The van der Waals surface area contributed by atoms with Gasteiger partial charge in [0.2, 0.25) is 20.0 Å². The highest BCUT2D eigenvalue weighted by molar-refractivity contribution is 7.89. The van der Waals surface area contributed by atoms with Crippen LogP contribution in [0, 0.1) is 0 Å². The van der Waals surface area contributed by atoms with Crippen LogP contribution in [0.2, 0.25) is 0 Å². The highest BCUT2D eigenvalue weighted by Crippen LogP contribution is 2.15. The lowest BCUT2D eigenvalue weighted by molar-refractivity contribution is 0.196. The Balaban J connectivity index is 1.97. The Morgan fingerprint density at radius 2 is 1.52 bits per heavy atom. The number of hydrogen-bond acceptors (Lipinski definition) is 5. The topological polar surface area (TPSA) is 78.0 Å². The Morgan fingerprint density at radius 3 is 2.00 bits per heavy atom. The maximum atomic E-state index is 12.5. The molecule has 0 amide bonds. The summed E-state index contributed by atoms with van der Waals surface area (Å²) in [6.45, 7) is 5.63. The van der Waals surface area contributed by atoms with E-state index in [2.05, 4.69) is 11.8 Å². The van der Waals surface area contributed by atoms with Crippen LogP contribution in [0.15, 0.2) is 29.2 Å². The molecule has 25 heavy (non-hydrogen) atoms. The fourth-order valence-electron chi connectivity index (χ4n) is 2.74. The molecule has 0 unspecified atom stereocenters. The lowest BCUT2D eigenvalue weighted by atomic mass is 10.2. The van der Waals surface area contributed by atoms with Crippen molar-refractivity contribution in [3.63, 3.8) is 0 Å². The molecule has 1 saturated heterocycles. The summed E-state index contributed by atoms with van der Waals surface area (Å²) >= 11 is 0. The Bertz CT molecular complexity index is 766. The van der Waals surface area contributed by atoms with Gasteiger partial charge in [-0.2, -0.15) is 4.31 Å². The van der Waals surface area contributed by atoms with Crippen LogP contribution in [-0.4, -0.2) is 82.9 Å². The van der Waals surface area contributed by atoms with Crippen LogP contribution in [-0.2, 0) is 26.5 Å². The lowest BCUT2D eigenvalue weighted by Gasteiger charge is -2.33. The third-order valence-corrected chi connectivity index (χ3v) is 8.22. The van der Waals surface area contributed by atoms with Crippen molar-refractivity contribution in [1.82, 2.24) is 13.5 Å². The smallest absolute Gasteiger partial charge is 0.242 e. The predicted molar refractivity (Wildman–Crippen MR) is 98.5 cm³/mol. The van der Waals surface area contributed by atoms with E-state index in [9.17, 15) is 16.8 Å². The van der Waals surface area contributed by atoms with Gasteiger partial charge in [0, 0.05) is 40.3 Å². The van der Waals surface area contributed by atoms with Crippen LogP contribution in [0.1, 0.15) is 12.5 Å². The van der Waals surface area contributed by atoms with Crippen LogP contribution < -0.4 is 0 Å². The minimum Gasteiger partial charge on any atom is -0.301 e. The average molecular weight is 390 g/mol. The summed E-state index contributed by atoms with van der Waals surface area (Å²) in [5, 5.41) is 0. The number of hydrogen-bond donors (Lipinski definition) is 0. The third kappa shape index (κ3) is 5.01. The number of sulfonamides is 2. The zero-order valence-electron chi connectivity index (χ0n) is 15.1. The Morgan fingerprint density at radius 1 is 0.960 bits per heavy atom.